The molecule has 0 bridgehead atoms. The highest BCUT2D eigenvalue weighted by Gasteiger charge is 2.34. The fraction of sp³-hybridized carbons (Fsp3) is 0.0588. The predicted molar refractivity (Wildman–Crippen MR) is 86.6 cm³/mol. The van der Waals surface area contributed by atoms with E-state index in [0.717, 1.165) is 16.0 Å². The molecular weight excluding hydrogens is 300 g/mol. The van der Waals surface area contributed by atoms with Gasteiger partial charge in [0, 0.05) is 5.02 Å². The Morgan fingerprint density at radius 1 is 1.09 bits per heavy atom. The van der Waals surface area contributed by atoms with Crippen LogP contribution in [0.2, 0.25) is 5.02 Å². The van der Waals surface area contributed by atoms with Crippen molar-refractivity contribution in [2.24, 2.45) is 0 Å². The lowest BCUT2D eigenvalue weighted by molar-refractivity contribution is -0.113. The van der Waals surface area contributed by atoms with Gasteiger partial charge in [0.1, 0.15) is 5.70 Å². The van der Waals surface area contributed by atoms with E-state index in [4.69, 9.17) is 11.6 Å². The second-order valence-electron chi connectivity index (χ2n) is 5.02. The number of aryl methyl sites for hydroxylation is 1. The summed E-state index contributed by atoms with van der Waals surface area (Å²) in [4.78, 5) is 25.6. The lowest BCUT2D eigenvalue weighted by Crippen LogP contribution is -2.30. The summed E-state index contributed by atoms with van der Waals surface area (Å²) in [5.74, 6) is -0.395. The molecule has 0 unspecified atom stereocenters. The normalized spacial score (nSPS) is 16.3. The summed E-state index contributed by atoms with van der Waals surface area (Å²) < 4.78 is 0. The molecule has 1 saturated heterocycles. The average Bonchev–Trinajstić information content (AvgIpc) is 2.73. The summed E-state index contributed by atoms with van der Waals surface area (Å²) in [6.07, 6.45) is 1.66. The molecule has 22 heavy (non-hydrogen) atoms. The average molecular weight is 313 g/mol. The van der Waals surface area contributed by atoms with E-state index < -0.39 is 11.9 Å². The van der Waals surface area contributed by atoms with Crippen LogP contribution in [0, 0.1) is 6.92 Å². The Kier molecular flexibility index (Phi) is 3.69. The smallest absolute Gasteiger partial charge is 0.302 e. The van der Waals surface area contributed by atoms with Gasteiger partial charge in [-0.15, -0.1) is 0 Å². The minimum atomic E-state index is -0.480. The topological polar surface area (TPSA) is 49.4 Å². The van der Waals surface area contributed by atoms with Crippen LogP contribution in [0.25, 0.3) is 6.08 Å². The molecule has 5 heteroatoms. The number of rotatable bonds is 2. The van der Waals surface area contributed by atoms with Crippen molar-refractivity contribution in [3.63, 3.8) is 0 Å². The second kappa shape index (κ2) is 5.66. The van der Waals surface area contributed by atoms with Crippen molar-refractivity contribution in [1.29, 1.82) is 0 Å². The summed E-state index contributed by atoms with van der Waals surface area (Å²) in [7, 11) is 0. The fourth-order valence-corrected chi connectivity index (χ4v) is 2.50. The van der Waals surface area contributed by atoms with Crippen molar-refractivity contribution in [2.75, 3.05) is 4.90 Å². The molecule has 4 nitrogen and oxygen atoms in total. The second-order valence-corrected chi connectivity index (χ2v) is 5.46. The number of nitrogens with zero attached hydrogens (tertiary/aromatic N) is 1. The molecule has 0 spiro atoms. The van der Waals surface area contributed by atoms with Crippen LogP contribution in [-0.2, 0) is 4.79 Å². The van der Waals surface area contributed by atoms with Crippen molar-refractivity contribution in [2.45, 2.75) is 6.92 Å². The van der Waals surface area contributed by atoms with Gasteiger partial charge in [-0.25, -0.2) is 9.69 Å². The molecule has 1 heterocycles. The minimum absolute atomic E-state index is 0.246. The van der Waals surface area contributed by atoms with E-state index in [2.05, 4.69) is 5.32 Å². The van der Waals surface area contributed by atoms with Gasteiger partial charge >= 0.3 is 6.03 Å². The number of hydrogen-bond acceptors (Lipinski definition) is 2. The summed E-state index contributed by atoms with van der Waals surface area (Å²) in [6.45, 7) is 1.97. The van der Waals surface area contributed by atoms with E-state index in [1.165, 1.54) is 0 Å². The van der Waals surface area contributed by atoms with Gasteiger partial charge in [-0.1, -0.05) is 47.5 Å². The number of benzene rings is 2. The van der Waals surface area contributed by atoms with E-state index in [1.54, 1.807) is 30.3 Å². The Balaban J connectivity index is 1.95. The number of halogens is 1. The van der Waals surface area contributed by atoms with Gasteiger partial charge in [-0.2, -0.15) is 0 Å². The van der Waals surface area contributed by atoms with Crippen molar-refractivity contribution in [1.82, 2.24) is 5.32 Å². The number of carbonyl (C=O) groups is 2. The van der Waals surface area contributed by atoms with Crippen molar-refractivity contribution < 1.29 is 9.59 Å². The maximum Gasteiger partial charge on any atom is 0.333 e. The predicted octanol–water partition coefficient (Wildman–Crippen LogP) is 3.75. The Hall–Kier alpha value is -2.59. The van der Waals surface area contributed by atoms with Crippen LogP contribution < -0.4 is 10.2 Å². The number of anilines is 1. The van der Waals surface area contributed by atoms with E-state index in [-0.39, 0.29) is 5.70 Å². The lowest BCUT2D eigenvalue weighted by Gasteiger charge is -2.11. The molecule has 2 aromatic carbocycles. The number of hydrogen-bond donors (Lipinski definition) is 1. The Labute approximate surface area is 133 Å². The summed E-state index contributed by atoms with van der Waals surface area (Å²) in [5, 5.41) is 3.06. The highest BCUT2D eigenvalue weighted by Crippen LogP contribution is 2.24. The molecule has 0 saturated carbocycles. The molecule has 2 aromatic rings. The zero-order valence-corrected chi connectivity index (χ0v) is 12.6. The zero-order valence-electron chi connectivity index (χ0n) is 11.8. The van der Waals surface area contributed by atoms with Crippen LogP contribution in [0.4, 0.5) is 10.5 Å². The minimum Gasteiger partial charge on any atom is -0.302 e. The molecule has 1 N–H and O–H groups in total. The molecule has 110 valence electrons. The van der Waals surface area contributed by atoms with Gasteiger partial charge in [-0.3, -0.25) is 4.79 Å². The van der Waals surface area contributed by atoms with Gasteiger partial charge in [0.25, 0.3) is 5.91 Å². The van der Waals surface area contributed by atoms with Gasteiger partial charge in [-0.05, 0) is 36.8 Å². The molecule has 1 fully saturated rings. The van der Waals surface area contributed by atoms with Crippen LogP contribution in [0.15, 0.2) is 54.2 Å². The van der Waals surface area contributed by atoms with Crippen LogP contribution in [0.3, 0.4) is 0 Å². The Morgan fingerprint density at radius 2 is 1.86 bits per heavy atom. The quantitative estimate of drug-likeness (QED) is 0.678. The first-order valence-corrected chi connectivity index (χ1v) is 7.12. The van der Waals surface area contributed by atoms with Crippen LogP contribution in [-0.4, -0.2) is 11.9 Å². The molecule has 1 aliphatic heterocycles. The van der Waals surface area contributed by atoms with Gasteiger partial charge < -0.3 is 5.32 Å². The van der Waals surface area contributed by atoms with Gasteiger partial charge in [0.05, 0.1) is 5.69 Å². The molecule has 3 amide bonds. The number of nitrogens with one attached hydrogen (secondary N) is 1. The van der Waals surface area contributed by atoms with E-state index in [9.17, 15) is 9.59 Å². The third kappa shape index (κ3) is 2.73. The van der Waals surface area contributed by atoms with E-state index in [1.807, 2.05) is 31.2 Å². The lowest BCUT2D eigenvalue weighted by atomic mass is 10.1. The first-order valence-electron chi connectivity index (χ1n) is 6.74. The third-order valence-corrected chi connectivity index (χ3v) is 3.53. The molecule has 1 aliphatic rings. The highest BCUT2D eigenvalue weighted by molar-refractivity contribution is 6.32. The maximum atomic E-state index is 12.4. The van der Waals surface area contributed by atoms with E-state index in [0.29, 0.717) is 10.7 Å². The first-order chi connectivity index (χ1) is 10.5. The van der Waals surface area contributed by atoms with E-state index >= 15 is 0 Å². The summed E-state index contributed by atoms with van der Waals surface area (Å²) >= 11 is 5.92. The number of urea groups is 1. The third-order valence-electron chi connectivity index (χ3n) is 3.30. The molecule has 3 rings (SSSR count). The van der Waals surface area contributed by atoms with Gasteiger partial charge in [0.2, 0.25) is 0 Å². The largest absolute Gasteiger partial charge is 0.333 e. The monoisotopic (exact) mass is 312 g/mol. The zero-order chi connectivity index (χ0) is 15.7. The van der Waals surface area contributed by atoms with Crippen molar-refractivity contribution in [3.8, 4) is 0 Å². The standard InChI is InChI=1S/C17H13ClN2O2/c1-11-4-2-5-12(8-11)9-15-16(21)20(17(22)19-15)14-7-3-6-13(18)10-14/h2-10H,1H3,(H,19,22)/b15-9+. The van der Waals surface area contributed by atoms with Crippen LogP contribution in [0.1, 0.15) is 11.1 Å². The Morgan fingerprint density at radius 3 is 2.59 bits per heavy atom. The summed E-state index contributed by atoms with van der Waals surface area (Å²) in [5.41, 5.74) is 2.63. The van der Waals surface area contributed by atoms with Crippen molar-refractivity contribution in [3.05, 3.63) is 70.4 Å². The van der Waals surface area contributed by atoms with Crippen molar-refractivity contribution >= 4 is 35.3 Å². The first kappa shape index (κ1) is 14.4. The molecular formula is C17H13ClN2O2. The molecule has 0 aromatic heterocycles. The highest BCUT2D eigenvalue weighted by atomic mass is 35.5. The summed E-state index contributed by atoms with van der Waals surface area (Å²) in [6, 6.07) is 13.8. The number of amides is 3. The molecule has 0 aliphatic carbocycles. The number of imide groups is 1. The molecule has 0 atom stereocenters. The molecule has 0 radical (unpaired) electrons. The van der Waals surface area contributed by atoms with Crippen LogP contribution in [0.5, 0.6) is 0 Å². The fourth-order valence-electron chi connectivity index (χ4n) is 2.31. The van der Waals surface area contributed by atoms with Crippen LogP contribution >= 0.6 is 11.6 Å². The maximum absolute atomic E-state index is 12.4. The SMILES string of the molecule is Cc1cccc(/C=C2/NC(=O)N(c3cccc(Cl)c3)C2=O)c1. The number of carbonyl (C=O) groups excluding carboxylic acids is 2. The Bertz CT molecular complexity index is 799. The van der Waals surface area contributed by atoms with Gasteiger partial charge in [0.15, 0.2) is 0 Å².